The molecule has 0 atom stereocenters. The van der Waals surface area contributed by atoms with Crippen LogP contribution in [0.5, 0.6) is 0 Å². The summed E-state index contributed by atoms with van der Waals surface area (Å²) < 4.78 is 5.55. The van der Waals surface area contributed by atoms with Crippen LogP contribution in [0.3, 0.4) is 0 Å². The molecule has 0 fully saturated rings. The Kier molecular flexibility index (Phi) is 12.0. The molecule has 1 heteroatoms. The van der Waals surface area contributed by atoms with Crippen molar-refractivity contribution in [2.24, 2.45) is 0 Å². The molecule has 0 spiro atoms. The first-order valence-electron chi connectivity index (χ1n) is 10.7. The van der Waals surface area contributed by atoms with Crippen molar-refractivity contribution in [3.8, 4) is 0 Å². The van der Waals surface area contributed by atoms with Crippen LogP contribution in [0.1, 0.15) is 91.8 Å². The van der Waals surface area contributed by atoms with Gasteiger partial charge in [0, 0.05) is 6.61 Å². The summed E-state index contributed by atoms with van der Waals surface area (Å²) in [6.07, 6.45) is 10.4. The van der Waals surface area contributed by atoms with E-state index in [1.807, 2.05) is 19.9 Å². The lowest BCUT2D eigenvalue weighted by Crippen LogP contribution is -2.17. The van der Waals surface area contributed by atoms with Gasteiger partial charge in [-0.05, 0) is 53.4 Å². The van der Waals surface area contributed by atoms with Crippen molar-refractivity contribution < 1.29 is 4.74 Å². The zero-order valence-corrected chi connectivity index (χ0v) is 20.0. The fourth-order valence-electron chi connectivity index (χ4n) is 2.74. The van der Waals surface area contributed by atoms with E-state index in [0.717, 1.165) is 13.0 Å². The third-order valence-corrected chi connectivity index (χ3v) is 4.45. The quantitative estimate of drug-likeness (QED) is 0.430. The highest BCUT2D eigenvalue weighted by molar-refractivity contribution is 5.37. The molecule has 158 valence electrons. The maximum Gasteiger partial charge on any atom is 0.0716 e. The van der Waals surface area contributed by atoms with Crippen molar-refractivity contribution in [1.29, 1.82) is 0 Å². The predicted octanol–water partition coefficient (Wildman–Crippen LogP) is 8.29. The first kappa shape index (κ1) is 26.4. The number of benzene rings is 1. The van der Waals surface area contributed by atoms with Gasteiger partial charge in [0.15, 0.2) is 0 Å². The van der Waals surface area contributed by atoms with Gasteiger partial charge in [0.05, 0.1) is 6.61 Å². The van der Waals surface area contributed by atoms with Crippen LogP contribution in [0.4, 0.5) is 0 Å². The Morgan fingerprint density at radius 1 is 0.964 bits per heavy atom. The second kappa shape index (κ2) is 12.8. The Hall–Kier alpha value is -1.60. The average molecular weight is 385 g/mol. The molecular weight excluding hydrogens is 340 g/mol. The molecule has 0 heterocycles. The highest BCUT2D eigenvalue weighted by Crippen LogP contribution is 2.30. The molecule has 28 heavy (non-hydrogen) atoms. The predicted molar refractivity (Wildman–Crippen MR) is 127 cm³/mol. The molecule has 1 aromatic carbocycles. The molecule has 0 saturated carbocycles. The van der Waals surface area contributed by atoms with Crippen LogP contribution in [0.15, 0.2) is 54.7 Å². The number of hydrogen-bond donors (Lipinski definition) is 0. The summed E-state index contributed by atoms with van der Waals surface area (Å²) in [5.74, 6) is 0. The molecular formula is C27H44O. The van der Waals surface area contributed by atoms with Crippen LogP contribution in [-0.2, 0) is 22.2 Å². The van der Waals surface area contributed by atoms with E-state index in [1.165, 1.54) is 28.7 Å². The van der Waals surface area contributed by atoms with Crippen molar-refractivity contribution >= 4 is 0 Å². The molecule has 0 aromatic heterocycles. The van der Waals surface area contributed by atoms with Crippen molar-refractivity contribution in [3.63, 3.8) is 0 Å². The van der Waals surface area contributed by atoms with E-state index in [2.05, 4.69) is 91.5 Å². The highest BCUT2D eigenvalue weighted by atomic mass is 16.5. The lowest BCUT2D eigenvalue weighted by molar-refractivity contribution is 0.134. The Bertz CT molecular complexity index is 601. The van der Waals surface area contributed by atoms with Crippen LogP contribution < -0.4 is 0 Å². The second-order valence-electron chi connectivity index (χ2n) is 9.28. The molecule has 0 amide bonds. The second-order valence-corrected chi connectivity index (χ2v) is 9.28. The van der Waals surface area contributed by atoms with E-state index in [1.54, 1.807) is 0 Å². The minimum Gasteiger partial charge on any atom is -0.377 e. The fourth-order valence-corrected chi connectivity index (χ4v) is 2.74. The maximum atomic E-state index is 5.55. The summed E-state index contributed by atoms with van der Waals surface area (Å²) in [5.41, 5.74) is 5.80. The maximum absolute atomic E-state index is 5.55. The van der Waals surface area contributed by atoms with Gasteiger partial charge in [-0.1, -0.05) is 104 Å². The van der Waals surface area contributed by atoms with E-state index in [4.69, 9.17) is 4.74 Å². The van der Waals surface area contributed by atoms with E-state index in [0.29, 0.717) is 6.61 Å². The largest absolute Gasteiger partial charge is 0.377 e. The third kappa shape index (κ3) is 10.7. The van der Waals surface area contributed by atoms with E-state index >= 15 is 0 Å². The Balaban J connectivity index is 0.000000621. The van der Waals surface area contributed by atoms with Crippen molar-refractivity contribution in [3.05, 3.63) is 71.3 Å². The van der Waals surface area contributed by atoms with Crippen molar-refractivity contribution in [1.82, 2.24) is 0 Å². The van der Waals surface area contributed by atoms with Gasteiger partial charge in [0.2, 0.25) is 0 Å². The molecule has 1 nitrogen and oxygen atoms in total. The number of rotatable bonds is 7. The molecule has 0 unspecified atom stereocenters. The molecule has 1 rings (SSSR count). The molecule has 0 aliphatic rings. The zero-order chi connectivity index (χ0) is 21.8. The summed E-state index contributed by atoms with van der Waals surface area (Å²) >= 11 is 0. The lowest BCUT2D eigenvalue weighted by Gasteiger charge is -2.26. The van der Waals surface area contributed by atoms with Crippen molar-refractivity contribution in [2.45, 2.75) is 92.6 Å². The van der Waals surface area contributed by atoms with Gasteiger partial charge in [-0.3, -0.25) is 0 Å². The number of allylic oxidation sites excluding steroid dienone is 5. The van der Waals surface area contributed by atoms with Gasteiger partial charge in [-0.15, -0.1) is 0 Å². The van der Waals surface area contributed by atoms with Crippen LogP contribution in [0.25, 0.3) is 0 Å². The minimum atomic E-state index is 0.183. The average Bonchev–Trinajstić information content (AvgIpc) is 2.59. The standard InChI is InChI=1S/C17H28O.C10H16/c1-8-18-12-13-9-14(16(2,3)4)11-15(10-13)17(5,6)7;1-4-7-10(8-5-2)9-6-3/h9-11H,8,12H2,1-7H3;4-5,7-8H,1,6,9H2,2-3H3/b;8-5-,10-7+. The van der Waals surface area contributed by atoms with Gasteiger partial charge < -0.3 is 4.74 Å². The molecule has 0 aliphatic carbocycles. The minimum absolute atomic E-state index is 0.183. The van der Waals surface area contributed by atoms with Crippen molar-refractivity contribution in [2.75, 3.05) is 6.61 Å². The summed E-state index contributed by atoms with van der Waals surface area (Å²) in [6, 6.07) is 6.91. The third-order valence-electron chi connectivity index (χ3n) is 4.45. The van der Waals surface area contributed by atoms with Gasteiger partial charge in [-0.2, -0.15) is 0 Å². The Labute approximate surface area is 175 Å². The molecule has 0 radical (unpaired) electrons. The van der Waals surface area contributed by atoms with Gasteiger partial charge >= 0.3 is 0 Å². The van der Waals surface area contributed by atoms with Crippen LogP contribution >= 0.6 is 0 Å². The first-order valence-corrected chi connectivity index (χ1v) is 10.7. The fraction of sp³-hybridized carbons (Fsp3) is 0.556. The lowest BCUT2D eigenvalue weighted by atomic mass is 9.79. The normalized spacial score (nSPS) is 12.7. The molecule has 0 N–H and O–H groups in total. The molecule has 0 aliphatic heterocycles. The summed E-state index contributed by atoms with van der Waals surface area (Å²) in [7, 11) is 0. The Morgan fingerprint density at radius 3 is 1.86 bits per heavy atom. The molecule has 0 bridgehead atoms. The van der Waals surface area contributed by atoms with E-state index < -0.39 is 0 Å². The summed E-state index contributed by atoms with van der Waals surface area (Å²) in [6.45, 7) is 25.0. The van der Waals surface area contributed by atoms with Crippen LogP contribution in [0, 0.1) is 0 Å². The number of ether oxygens (including phenoxy) is 1. The smallest absolute Gasteiger partial charge is 0.0716 e. The highest BCUT2D eigenvalue weighted by Gasteiger charge is 2.20. The summed E-state index contributed by atoms with van der Waals surface area (Å²) in [5, 5.41) is 0. The van der Waals surface area contributed by atoms with Gasteiger partial charge in [0.1, 0.15) is 0 Å². The summed E-state index contributed by atoms with van der Waals surface area (Å²) in [4.78, 5) is 0. The first-order chi connectivity index (χ1) is 13.0. The monoisotopic (exact) mass is 384 g/mol. The van der Waals surface area contributed by atoms with Crippen LogP contribution in [-0.4, -0.2) is 6.61 Å². The SMILES string of the molecule is C=C/C=C(\C=C/C)CCC.CCOCc1cc(C(C)(C)C)cc(C(C)(C)C)c1. The van der Waals surface area contributed by atoms with Crippen LogP contribution in [0.2, 0.25) is 0 Å². The molecule has 1 aromatic rings. The van der Waals surface area contributed by atoms with E-state index in [9.17, 15) is 0 Å². The Morgan fingerprint density at radius 2 is 1.50 bits per heavy atom. The van der Waals surface area contributed by atoms with Gasteiger partial charge in [0.25, 0.3) is 0 Å². The van der Waals surface area contributed by atoms with Gasteiger partial charge in [-0.25, -0.2) is 0 Å². The zero-order valence-electron chi connectivity index (χ0n) is 20.0. The molecule has 0 saturated heterocycles. The number of hydrogen-bond acceptors (Lipinski definition) is 1. The van der Waals surface area contributed by atoms with E-state index in [-0.39, 0.29) is 10.8 Å². The topological polar surface area (TPSA) is 9.23 Å².